The molecule has 2 heterocycles. The number of rotatable bonds is 3. The van der Waals surface area contributed by atoms with E-state index < -0.39 is 0 Å². The topological polar surface area (TPSA) is 50.8 Å². The molecule has 2 aliphatic rings. The molecule has 0 bridgehead atoms. The van der Waals surface area contributed by atoms with E-state index in [1.807, 2.05) is 0 Å². The number of halogens is 1. The standard InChI is InChI=1S/C14H17ClN2O3/c15-12-7-10(9-18)13-14(20-6-5-19-13)11(12)8-17-3-1-16-2-4-17/h7,9,16H,1-6,8H2. The lowest BCUT2D eigenvalue weighted by atomic mass is 10.1. The number of hydrogen-bond donors (Lipinski definition) is 1. The van der Waals surface area contributed by atoms with Gasteiger partial charge < -0.3 is 14.8 Å². The minimum atomic E-state index is 0.453. The van der Waals surface area contributed by atoms with E-state index in [0.29, 0.717) is 41.8 Å². The first-order valence-electron chi connectivity index (χ1n) is 6.79. The van der Waals surface area contributed by atoms with Gasteiger partial charge in [-0.25, -0.2) is 0 Å². The van der Waals surface area contributed by atoms with Crippen molar-refractivity contribution in [3.63, 3.8) is 0 Å². The first kappa shape index (κ1) is 13.7. The number of carbonyl (C=O) groups excluding carboxylic acids is 1. The van der Waals surface area contributed by atoms with Gasteiger partial charge in [-0.2, -0.15) is 0 Å². The highest BCUT2D eigenvalue weighted by atomic mass is 35.5. The number of ether oxygens (including phenoxy) is 2. The van der Waals surface area contributed by atoms with E-state index in [2.05, 4.69) is 10.2 Å². The molecule has 0 saturated carbocycles. The number of aldehydes is 1. The van der Waals surface area contributed by atoms with E-state index in [-0.39, 0.29) is 0 Å². The van der Waals surface area contributed by atoms with E-state index in [1.54, 1.807) is 6.07 Å². The lowest BCUT2D eigenvalue weighted by Crippen LogP contribution is -2.43. The number of benzene rings is 1. The lowest BCUT2D eigenvalue weighted by Gasteiger charge is -2.30. The fourth-order valence-electron chi connectivity index (χ4n) is 2.58. The Hall–Kier alpha value is -1.30. The number of carbonyl (C=O) groups is 1. The summed E-state index contributed by atoms with van der Waals surface area (Å²) in [4.78, 5) is 13.4. The summed E-state index contributed by atoms with van der Waals surface area (Å²) in [6.45, 7) is 5.56. The molecule has 6 heteroatoms. The molecule has 0 amide bonds. The molecule has 1 aromatic carbocycles. The number of fused-ring (bicyclic) bond motifs is 1. The minimum absolute atomic E-state index is 0.453. The molecule has 1 N–H and O–H groups in total. The Bertz CT molecular complexity index is 516. The van der Waals surface area contributed by atoms with Crippen LogP contribution in [0.4, 0.5) is 0 Å². The molecular weight excluding hydrogens is 280 g/mol. The van der Waals surface area contributed by atoms with Crippen LogP contribution in [0, 0.1) is 0 Å². The molecule has 1 fully saturated rings. The monoisotopic (exact) mass is 296 g/mol. The van der Waals surface area contributed by atoms with Gasteiger partial charge in [0, 0.05) is 43.3 Å². The summed E-state index contributed by atoms with van der Waals surface area (Å²) < 4.78 is 11.3. The van der Waals surface area contributed by atoms with Gasteiger partial charge in [-0.05, 0) is 6.07 Å². The summed E-state index contributed by atoms with van der Waals surface area (Å²) in [6, 6.07) is 1.67. The number of piperazine rings is 1. The zero-order valence-electron chi connectivity index (χ0n) is 11.2. The second-order valence-corrected chi connectivity index (χ2v) is 5.33. The van der Waals surface area contributed by atoms with E-state index in [1.165, 1.54) is 0 Å². The predicted octanol–water partition coefficient (Wildman–Crippen LogP) is 1.33. The van der Waals surface area contributed by atoms with E-state index >= 15 is 0 Å². The fraction of sp³-hybridized carbons (Fsp3) is 0.500. The molecule has 1 saturated heterocycles. The molecule has 3 rings (SSSR count). The third-order valence-corrected chi connectivity index (χ3v) is 3.94. The Kier molecular flexibility index (Phi) is 4.10. The van der Waals surface area contributed by atoms with Crippen molar-refractivity contribution in [3.8, 4) is 11.5 Å². The van der Waals surface area contributed by atoms with Gasteiger partial charge in [-0.1, -0.05) is 11.6 Å². The molecule has 2 aliphatic heterocycles. The molecule has 0 radical (unpaired) electrons. The Morgan fingerprint density at radius 2 is 1.95 bits per heavy atom. The van der Waals surface area contributed by atoms with Gasteiger partial charge in [-0.3, -0.25) is 9.69 Å². The van der Waals surface area contributed by atoms with Crippen molar-refractivity contribution in [1.29, 1.82) is 0 Å². The van der Waals surface area contributed by atoms with Crippen molar-refractivity contribution < 1.29 is 14.3 Å². The van der Waals surface area contributed by atoms with Gasteiger partial charge in [0.2, 0.25) is 0 Å². The van der Waals surface area contributed by atoms with Gasteiger partial charge in [0.1, 0.15) is 13.2 Å². The van der Waals surface area contributed by atoms with Crippen LogP contribution >= 0.6 is 11.6 Å². The first-order valence-corrected chi connectivity index (χ1v) is 7.16. The van der Waals surface area contributed by atoms with E-state index in [0.717, 1.165) is 38.0 Å². The van der Waals surface area contributed by atoms with Crippen LogP contribution in [-0.4, -0.2) is 50.6 Å². The third kappa shape index (κ3) is 2.61. The first-order chi connectivity index (χ1) is 9.79. The summed E-state index contributed by atoms with van der Waals surface area (Å²) in [6.07, 6.45) is 0.758. The molecule has 20 heavy (non-hydrogen) atoms. The van der Waals surface area contributed by atoms with Gasteiger partial charge in [-0.15, -0.1) is 0 Å². The second-order valence-electron chi connectivity index (χ2n) is 4.93. The Morgan fingerprint density at radius 1 is 1.25 bits per heavy atom. The quantitative estimate of drug-likeness (QED) is 0.853. The smallest absolute Gasteiger partial charge is 0.172 e. The number of nitrogens with zero attached hydrogens (tertiary/aromatic N) is 1. The summed E-state index contributed by atoms with van der Waals surface area (Å²) >= 11 is 6.33. The summed E-state index contributed by atoms with van der Waals surface area (Å²) in [5.41, 5.74) is 1.36. The van der Waals surface area contributed by atoms with Crippen LogP contribution in [0.5, 0.6) is 11.5 Å². The van der Waals surface area contributed by atoms with Crippen LogP contribution in [0.2, 0.25) is 5.02 Å². The average Bonchev–Trinajstić information content (AvgIpc) is 2.51. The number of hydrogen-bond acceptors (Lipinski definition) is 5. The largest absolute Gasteiger partial charge is 0.486 e. The summed E-state index contributed by atoms with van der Waals surface area (Å²) in [5, 5.41) is 3.88. The zero-order valence-corrected chi connectivity index (χ0v) is 11.9. The second kappa shape index (κ2) is 5.99. The van der Waals surface area contributed by atoms with E-state index in [4.69, 9.17) is 21.1 Å². The number of nitrogens with one attached hydrogen (secondary N) is 1. The lowest BCUT2D eigenvalue weighted by molar-refractivity contribution is 0.111. The van der Waals surface area contributed by atoms with Crippen LogP contribution in [0.1, 0.15) is 15.9 Å². The zero-order chi connectivity index (χ0) is 13.9. The Morgan fingerprint density at radius 3 is 2.65 bits per heavy atom. The molecule has 0 aliphatic carbocycles. The van der Waals surface area contributed by atoms with Gasteiger partial charge in [0.05, 0.1) is 5.56 Å². The maximum absolute atomic E-state index is 11.1. The van der Waals surface area contributed by atoms with Crippen molar-refractivity contribution in [3.05, 3.63) is 22.2 Å². The van der Waals surface area contributed by atoms with Crippen LogP contribution in [0.15, 0.2) is 6.07 Å². The maximum Gasteiger partial charge on any atom is 0.172 e. The van der Waals surface area contributed by atoms with Crippen molar-refractivity contribution in [2.24, 2.45) is 0 Å². The molecule has 0 aromatic heterocycles. The molecule has 108 valence electrons. The summed E-state index contributed by atoms with van der Waals surface area (Å²) in [5.74, 6) is 1.16. The third-order valence-electron chi connectivity index (χ3n) is 3.61. The van der Waals surface area contributed by atoms with Crippen LogP contribution in [0.3, 0.4) is 0 Å². The van der Waals surface area contributed by atoms with Gasteiger partial charge in [0.15, 0.2) is 17.8 Å². The van der Waals surface area contributed by atoms with Crippen LogP contribution in [-0.2, 0) is 6.54 Å². The normalized spacial score (nSPS) is 18.9. The Labute approximate surface area is 122 Å². The van der Waals surface area contributed by atoms with Crippen LogP contribution < -0.4 is 14.8 Å². The molecule has 0 spiro atoms. The molecule has 0 unspecified atom stereocenters. The maximum atomic E-state index is 11.1. The predicted molar refractivity (Wildman–Crippen MR) is 76.0 cm³/mol. The molecule has 5 nitrogen and oxygen atoms in total. The molecule has 1 aromatic rings. The molecular formula is C14H17ClN2O3. The fourth-order valence-corrected chi connectivity index (χ4v) is 2.85. The average molecular weight is 297 g/mol. The van der Waals surface area contributed by atoms with Gasteiger partial charge >= 0.3 is 0 Å². The van der Waals surface area contributed by atoms with Crippen molar-refractivity contribution in [1.82, 2.24) is 10.2 Å². The van der Waals surface area contributed by atoms with Crippen molar-refractivity contribution >= 4 is 17.9 Å². The highest BCUT2D eigenvalue weighted by molar-refractivity contribution is 6.32. The highest BCUT2D eigenvalue weighted by Crippen LogP contribution is 2.41. The Balaban J connectivity index is 1.94. The van der Waals surface area contributed by atoms with Crippen molar-refractivity contribution in [2.45, 2.75) is 6.54 Å². The van der Waals surface area contributed by atoms with Gasteiger partial charge in [0.25, 0.3) is 0 Å². The minimum Gasteiger partial charge on any atom is -0.486 e. The molecule has 0 atom stereocenters. The summed E-state index contributed by atoms with van der Waals surface area (Å²) in [7, 11) is 0. The van der Waals surface area contributed by atoms with E-state index in [9.17, 15) is 4.79 Å². The van der Waals surface area contributed by atoms with Crippen LogP contribution in [0.25, 0.3) is 0 Å². The highest BCUT2D eigenvalue weighted by Gasteiger charge is 2.24. The van der Waals surface area contributed by atoms with Crippen molar-refractivity contribution in [2.75, 3.05) is 39.4 Å². The SMILES string of the molecule is O=Cc1cc(Cl)c(CN2CCNCC2)c2c1OCCO2.